The first-order valence-electron chi connectivity index (χ1n) is 7.76. The van der Waals surface area contributed by atoms with E-state index in [1.807, 2.05) is 18.2 Å². The van der Waals surface area contributed by atoms with Gasteiger partial charge in [-0.25, -0.2) is 4.39 Å². The highest BCUT2D eigenvalue weighted by Crippen LogP contribution is 2.32. The van der Waals surface area contributed by atoms with Gasteiger partial charge in [-0.05, 0) is 42.7 Å². The topological polar surface area (TPSA) is 53.4 Å². The van der Waals surface area contributed by atoms with Gasteiger partial charge in [0.2, 0.25) is 5.91 Å². The van der Waals surface area contributed by atoms with Crippen LogP contribution in [-0.4, -0.2) is 33.5 Å². The minimum atomic E-state index is -0.538. The highest BCUT2D eigenvalue weighted by molar-refractivity contribution is 5.77. The Bertz CT molecular complexity index is 660. The Morgan fingerprint density at radius 1 is 1.26 bits per heavy atom. The number of halogens is 1. The number of carbonyl (C=O) groups is 1. The lowest BCUT2D eigenvalue weighted by Crippen LogP contribution is -2.32. The van der Waals surface area contributed by atoms with Crippen LogP contribution in [0.15, 0.2) is 48.7 Å². The van der Waals surface area contributed by atoms with Crippen LogP contribution < -0.4 is 0 Å². The summed E-state index contributed by atoms with van der Waals surface area (Å²) in [6.07, 6.45) is 2.58. The molecule has 1 N–H and O–H groups in total. The molecule has 1 saturated heterocycles. The fourth-order valence-electron chi connectivity index (χ4n) is 3.01. The number of amides is 1. The van der Waals surface area contributed by atoms with Crippen LogP contribution in [-0.2, 0) is 11.2 Å². The number of rotatable bonds is 4. The van der Waals surface area contributed by atoms with Crippen LogP contribution in [0.3, 0.4) is 0 Å². The number of hydrogen-bond acceptors (Lipinski definition) is 3. The molecule has 0 radical (unpaired) electrons. The Kier molecular flexibility index (Phi) is 4.67. The fourth-order valence-corrected chi connectivity index (χ4v) is 3.01. The van der Waals surface area contributed by atoms with Crippen molar-refractivity contribution < 1.29 is 14.3 Å². The van der Waals surface area contributed by atoms with Crippen molar-refractivity contribution in [1.29, 1.82) is 0 Å². The molecule has 120 valence electrons. The maximum Gasteiger partial charge on any atom is 0.223 e. The van der Waals surface area contributed by atoms with Crippen LogP contribution in [0.4, 0.5) is 4.39 Å². The van der Waals surface area contributed by atoms with E-state index in [2.05, 4.69) is 4.98 Å². The monoisotopic (exact) mass is 314 g/mol. The predicted octanol–water partition coefficient (Wildman–Crippen LogP) is 2.49. The summed E-state index contributed by atoms with van der Waals surface area (Å²) in [5.41, 5.74) is 1.73. The van der Waals surface area contributed by atoms with Crippen LogP contribution in [0.25, 0.3) is 0 Å². The minimum absolute atomic E-state index is 0.0125. The highest BCUT2D eigenvalue weighted by atomic mass is 19.1. The predicted molar refractivity (Wildman–Crippen MR) is 84.0 cm³/mol. The maximum atomic E-state index is 13.1. The van der Waals surface area contributed by atoms with E-state index < -0.39 is 6.10 Å². The van der Waals surface area contributed by atoms with Crippen molar-refractivity contribution in [3.8, 4) is 0 Å². The van der Waals surface area contributed by atoms with E-state index in [1.165, 1.54) is 12.1 Å². The summed E-state index contributed by atoms with van der Waals surface area (Å²) in [6.45, 7) is 0.323. The number of pyridine rings is 1. The van der Waals surface area contributed by atoms with Gasteiger partial charge in [-0.15, -0.1) is 0 Å². The number of benzene rings is 1. The summed E-state index contributed by atoms with van der Waals surface area (Å²) in [7, 11) is 0. The second kappa shape index (κ2) is 6.87. The van der Waals surface area contributed by atoms with Crippen molar-refractivity contribution in [2.24, 2.45) is 0 Å². The van der Waals surface area contributed by atoms with Crippen molar-refractivity contribution in [2.75, 3.05) is 6.54 Å². The van der Waals surface area contributed by atoms with Crippen LogP contribution in [0.1, 0.15) is 30.1 Å². The summed E-state index contributed by atoms with van der Waals surface area (Å²) in [4.78, 5) is 18.4. The normalized spacial score (nSPS) is 20.7. The van der Waals surface area contributed by atoms with Crippen molar-refractivity contribution in [1.82, 2.24) is 9.88 Å². The van der Waals surface area contributed by atoms with Crippen molar-refractivity contribution >= 4 is 5.91 Å². The lowest BCUT2D eigenvalue weighted by atomic mass is 10.0. The van der Waals surface area contributed by atoms with Crippen molar-refractivity contribution in [3.63, 3.8) is 0 Å². The molecule has 0 spiro atoms. The van der Waals surface area contributed by atoms with E-state index in [4.69, 9.17) is 0 Å². The van der Waals surface area contributed by atoms with Gasteiger partial charge in [-0.3, -0.25) is 9.78 Å². The SMILES string of the molecule is O=C(CCc1ccccn1)N1C[C@H](O)C[C@H]1c1ccc(F)cc1. The number of nitrogens with zero attached hydrogens (tertiary/aromatic N) is 2. The summed E-state index contributed by atoms with van der Waals surface area (Å²) in [6, 6.07) is 11.6. The van der Waals surface area contributed by atoms with Crippen LogP contribution in [0.5, 0.6) is 0 Å². The molecule has 2 heterocycles. The Hall–Kier alpha value is -2.27. The van der Waals surface area contributed by atoms with E-state index in [1.54, 1.807) is 23.2 Å². The molecule has 0 saturated carbocycles. The Balaban J connectivity index is 1.69. The van der Waals surface area contributed by atoms with Gasteiger partial charge in [-0.1, -0.05) is 18.2 Å². The first kappa shape index (κ1) is 15.6. The van der Waals surface area contributed by atoms with E-state index >= 15 is 0 Å². The molecule has 1 aliphatic rings. The zero-order valence-corrected chi connectivity index (χ0v) is 12.7. The quantitative estimate of drug-likeness (QED) is 0.943. The van der Waals surface area contributed by atoms with Crippen LogP contribution in [0.2, 0.25) is 0 Å². The molecule has 1 fully saturated rings. The lowest BCUT2D eigenvalue weighted by molar-refractivity contribution is -0.132. The molecule has 0 aliphatic carbocycles. The molecule has 2 atom stereocenters. The number of aryl methyl sites for hydroxylation is 1. The van der Waals surface area contributed by atoms with E-state index in [0.29, 0.717) is 25.8 Å². The summed E-state index contributed by atoms with van der Waals surface area (Å²) >= 11 is 0. The third-order valence-corrected chi connectivity index (χ3v) is 4.18. The van der Waals surface area contributed by atoms with Gasteiger partial charge in [0.05, 0.1) is 12.1 Å². The van der Waals surface area contributed by atoms with Crippen molar-refractivity contribution in [3.05, 3.63) is 65.7 Å². The van der Waals surface area contributed by atoms with E-state index in [-0.39, 0.29) is 17.8 Å². The second-order valence-corrected chi connectivity index (χ2v) is 5.82. The molecule has 5 heteroatoms. The van der Waals surface area contributed by atoms with Crippen molar-refractivity contribution in [2.45, 2.75) is 31.4 Å². The van der Waals surface area contributed by atoms with Crippen LogP contribution >= 0.6 is 0 Å². The molecular formula is C18H19FN2O2. The Labute approximate surface area is 134 Å². The fraction of sp³-hybridized carbons (Fsp3) is 0.333. The van der Waals surface area contributed by atoms with Gasteiger partial charge >= 0.3 is 0 Å². The summed E-state index contributed by atoms with van der Waals surface area (Å²) in [5.74, 6) is -0.318. The van der Waals surface area contributed by atoms with E-state index in [9.17, 15) is 14.3 Å². The third kappa shape index (κ3) is 3.74. The van der Waals surface area contributed by atoms with E-state index in [0.717, 1.165) is 11.3 Å². The Morgan fingerprint density at radius 3 is 2.74 bits per heavy atom. The smallest absolute Gasteiger partial charge is 0.223 e. The van der Waals surface area contributed by atoms with Gasteiger partial charge in [0.1, 0.15) is 5.82 Å². The first-order chi connectivity index (χ1) is 11.1. The molecule has 3 rings (SSSR count). The second-order valence-electron chi connectivity index (χ2n) is 5.82. The number of aromatic nitrogens is 1. The first-order valence-corrected chi connectivity index (χ1v) is 7.76. The number of aliphatic hydroxyl groups is 1. The molecule has 0 unspecified atom stereocenters. The average molecular weight is 314 g/mol. The molecule has 1 aromatic carbocycles. The number of aliphatic hydroxyl groups excluding tert-OH is 1. The zero-order chi connectivity index (χ0) is 16.2. The van der Waals surface area contributed by atoms with Gasteiger partial charge in [0, 0.05) is 24.9 Å². The molecule has 4 nitrogen and oxygen atoms in total. The molecule has 2 aromatic rings. The number of carbonyl (C=O) groups excluding carboxylic acids is 1. The average Bonchev–Trinajstić information content (AvgIpc) is 2.96. The molecule has 1 aliphatic heterocycles. The number of hydrogen-bond donors (Lipinski definition) is 1. The lowest BCUT2D eigenvalue weighted by Gasteiger charge is -2.25. The van der Waals surface area contributed by atoms with Gasteiger partial charge in [0.15, 0.2) is 0 Å². The van der Waals surface area contributed by atoms with Gasteiger partial charge in [0.25, 0.3) is 0 Å². The number of likely N-dealkylation sites (tertiary alicyclic amines) is 1. The Morgan fingerprint density at radius 2 is 2.04 bits per heavy atom. The molecule has 0 bridgehead atoms. The largest absolute Gasteiger partial charge is 0.391 e. The molecule has 1 aromatic heterocycles. The van der Waals surface area contributed by atoms with Gasteiger partial charge < -0.3 is 10.0 Å². The van der Waals surface area contributed by atoms with Gasteiger partial charge in [-0.2, -0.15) is 0 Å². The standard InChI is InChI=1S/C18H19FN2O2/c19-14-6-4-13(5-7-14)17-11-16(22)12-21(17)18(23)9-8-15-3-1-2-10-20-15/h1-7,10,16-17,22H,8-9,11-12H2/t16-,17+/m1/s1. The molecule has 1 amide bonds. The minimum Gasteiger partial charge on any atom is -0.391 e. The highest BCUT2D eigenvalue weighted by Gasteiger charge is 2.34. The van der Waals surface area contributed by atoms with Crippen LogP contribution in [0, 0.1) is 5.82 Å². The molecular weight excluding hydrogens is 295 g/mol. The summed E-state index contributed by atoms with van der Waals surface area (Å²) in [5, 5.41) is 9.94. The summed E-state index contributed by atoms with van der Waals surface area (Å²) < 4.78 is 13.1. The maximum absolute atomic E-state index is 13.1. The number of β-amino-alcohol motifs (C(OH)–C–C–N with tert-alkyl or cyclic N) is 1. The third-order valence-electron chi connectivity index (χ3n) is 4.18. The zero-order valence-electron chi connectivity index (χ0n) is 12.7. The molecule has 23 heavy (non-hydrogen) atoms.